The average Bonchev–Trinajstić information content (AvgIpc) is 3.20. The zero-order chi connectivity index (χ0) is 15.7. The third-order valence-electron chi connectivity index (χ3n) is 4.80. The predicted octanol–water partition coefficient (Wildman–Crippen LogP) is 3.17. The van der Waals surface area contributed by atoms with Crippen LogP contribution in [-0.2, 0) is 0 Å². The van der Waals surface area contributed by atoms with E-state index in [1.807, 2.05) is 11.4 Å². The maximum absolute atomic E-state index is 12.1. The summed E-state index contributed by atoms with van der Waals surface area (Å²) < 4.78 is 0. The van der Waals surface area contributed by atoms with Crippen molar-refractivity contribution in [2.45, 2.75) is 51.5 Å². The van der Waals surface area contributed by atoms with Gasteiger partial charge < -0.3 is 5.32 Å². The molecule has 0 aliphatic heterocycles. The lowest BCUT2D eigenvalue weighted by atomic mass is 9.96. The zero-order valence-corrected chi connectivity index (χ0v) is 14.7. The van der Waals surface area contributed by atoms with Gasteiger partial charge in [0.2, 0.25) is 0 Å². The van der Waals surface area contributed by atoms with Crippen LogP contribution in [0.3, 0.4) is 0 Å². The monoisotopic (exact) mass is 337 g/mol. The summed E-state index contributed by atoms with van der Waals surface area (Å²) in [7, 11) is 0. The molecule has 3 atom stereocenters. The minimum Gasteiger partial charge on any atom is -0.358 e. The van der Waals surface area contributed by atoms with Crippen LogP contribution < -0.4 is 16.2 Å². The highest BCUT2D eigenvalue weighted by Crippen LogP contribution is 2.44. The van der Waals surface area contributed by atoms with Crippen molar-refractivity contribution in [2.24, 2.45) is 11.8 Å². The normalized spacial score (nSPS) is 26.2. The molecular weight excluding hydrogens is 314 g/mol. The minimum atomic E-state index is -0.139. The van der Waals surface area contributed by atoms with Gasteiger partial charge in [0.05, 0.1) is 5.56 Å². The van der Waals surface area contributed by atoms with Crippen molar-refractivity contribution in [3.8, 4) is 0 Å². The Labute approximate surface area is 141 Å². The minimum absolute atomic E-state index is 0.139. The fourth-order valence-corrected chi connectivity index (χ4v) is 4.69. The molecule has 2 saturated carbocycles. The largest absolute Gasteiger partial charge is 0.358 e. The summed E-state index contributed by atoms with van der Waals surface area (Å²) in [6.07, 6.45) is 5.22. The van der Waals surface area contributed by atoms with E-state index in [4.69, 9.17) is 12.2 Å². The summed E-state index contributed by atoms with van der Waals surface area (Å²) in [5.41, 5.74) is 6.20. The van der Waals surface area contributed by atoms with Crippen molar-refractivity contribution in [1.29, 1.82) is 0 Å². The molecule has 0 saturated heterocycles. The van der Waals surface area contributed by atoms with Gasteiger partial charge in [0.15, 0.2) is 5.11 Å². The van der Waals surface area contributed by atoms with E-state index in [9.17, 15) is 4.79 Å². The molecule has 2 aliphatic carbocycles. The topological polar surface area (TPSA) is 53.2 Å². The number of thiocarbonyl (C=S) groups is 1. The van der Waals surface area contributed by atoms with E-state index < -0.39 is 0 Å². The molecule has 2 bridgehead atoms. The second kappa shape index (κ2) is 6.54. The predicted molar refractivity (Wildman–Crippen MR) is 94.0 cm³/mol. The van der Waals surface area contributed by atoms with Gasteiger partial charge in [-0.15, -0.1) is 11.3 Å². The number of hydrazine groups is 1. The average molecular weight is 338 g/mol. The van der Waals surface area contributed by atoms with E-state index >= 15 is 0 Å². The molecule has 1 heterocycles. The molecule has 2 fully saturated rings. The number of hydrogen-bond donors (Lipinski definition) is 3. The van der Waals surface area contributed by atoms with E-state index in [1.165, 1.54) is 30.6 Å². The fourth-order valence-electron chi connectivity index (χ4n) is 3.59. The lowest BCUT2D eigenvalue weighted by Gasteiger charge is -2.24. The van der Waals surface area contributed by atoms with Crippen LogP contribution in [0.1, 0.15) is 60.7 Å². The molecule has 22 heavy (non-hydrogen) atoms. The van der Waals surface area contributed by atoms with Crippen LogP contribution in [0.25, 0.3) is 0 Å². The molecule has 0 unspecified atom stereocenters. The lowest BCUT2D eigenvalue weighted by molar-refractivity contribution is 0.0944. The number of carbonyl (C=O) groups is 1. The van der Waals surface area contributed by atoms with Crippen molar-refractivity contribution in [3.63, 3.8) is 0 Å². The van der Waals surface area contributed by atoms with E-state index in [-0.39, 0.29) is 5.91 Å². The van der Waals surface area contributed by atoms with Gasteiger partial charge >= 0.3 is 0 Å². The Morgan fingerprint density at radius 3 is 2.73 bits per heavy atom. The SMILES string of the molecule is CC(C)c1cc(C(=O)NNC(=S)N[C@@H]2C[C@H]3CC[C@@H]2C3)cs1. The summed E-state index contributed by atoms with van der Waals surface area (Å²) in [4.78, 5) is 13.3. The smallest absolute Gasteiger partial charge is 0.270 e. The van der Waals surface area contributed by atoms with Crippen molar-refractivity contribution in [1.82, 2.24) is 16.2 Å². The van der Waals surface area contributed by atoms with E-state index in [2.05, 4.69) is 30.0 Å². The van der Waals surface area contributed by atoms with E-state index in [0.717, 1.165) is 11.8 Å². The van der Waals surface area contributed by atoms with Gasteiger partial charge in [-0.25, -0.2) is 0 Å². The van der Waals surface area contributed by atoms with Gasteiger partial charge in [0.25, 0.3) is 5.91 Å². The van der Waals surface area contributed by atoms with Gasteiger partial charge in [0, 0.05) is 16.3 Å². The maximum atomic E-state index is 12.1. The summed E-state index contributed by atoms with van der Waals surface area (Å²) in [5, 5.41) is 5.76. The van der Waals surface area contributed by atoms with Gasteiger partial charge in [-0.3, -0.25) is 15.6 Å². The molecule has 0 radical (unpaired) electrons. The first-order chi connectivity index (χ1) is 10.5. The summed E-state index contributed by atoms with van der Waals surface area (Å²) in [6, 6.07) is 2.42. The van der Waals surface area contributed by atoms with E-state index in [0.29, 0.717) is 22.6 Å². The Morgan fingerprint density at radius 1 is 1.32 bits per heavy atom. The number of carbonyl (C=O) groups excluding carboxylic acids is 1. The molecule has 6 heteroatoms. The Kier molecular flexibility index (Phi) is 4.68. The summed E-state index contributed by atoms with van der Waals surface area (Å²) >= 11 is 6.90. The zero-order valence-electron chi connectivity index (χ0n) is 13.0. The highest BCUT2D eigenvalue weighted by atomic mass is 32.1. The number of rotatable bonds is 3. The number of amides is 1. The van der Waals surface area contributed by atoms with Gasteiger partial charge in [-0.05, 0) is 55.3 Å². The molecule has 3 N–H and O–H groups in total. The molecule has 120 valence electrons. The molecule has 1 aromatic rings. The van der Waals surface area contributed by atoms with Crippen LogP contribution in [0, 0.1) is 11.8 Å². The third kappa shape index (κ3) is 3.43. The van der Waals surface area contributed by atoms with Crippen LogP contribution in [0.4, 0.5) is 0 Å². The summed E-state index contributed by atoms with van der Waals surface area (Å²) in [6.45, 7) is 4.25. The van der Waals surface area contributed by atoms with Crippen LogP contribution >= 0.6 is 23.6 Å². The number of thiophene rings is 1. The number of nitrogens with one attached hydrogen (secondary N) is 3. The Bertz CT molecular complexity index is 569. The quantitative estimate of drug-likeness (QED) is 0.586. The number of fused-ring (bicyclic) bond motifs is 2. The third-order valence-corrected chi connectivity index (χ3v) is 6.25. The van der Waals surface area contributed by atoms with Gasteiger partial charge in [-0.1, -0.05) is 20.3 Å². The van der Waals surface area contributed by atoms with Gasteiger partial charge in [0.1, 0.15) is 0 Å². The Balaban J connectivity index is 1.45. The first-order valence-electron chi connectivity index (χ1n) is 7.98. The first-order valence-corrected chi connectivity index (χ1v) is 9.27. The Morgan fingerprint density at radius 2 is 2.14 bits per heavy atom. The number of hydrogen-bond acceptors (Lipinski definition) is 3. The Hall–Kier alpha value is -1.14. The van der Waals surface area contributed by atoms with Crippen molar-refractivity contribution < 1.29 is 4.79 Å². The van der Waals surface area contributed by atoms with Crippen LogP contribution in [-0.4, -0.2) is 17.1 Å². The fraction of sp³-hybridized carbons (Fsp3) is 0.625. The molecule has 3 rings (SSSR count). The standard InChI is InChI=1S/C16H23N3OS2/c1-9(2)14-7-12(8-22-14)15(20)18-19-16(21)17-13-6-10-3-4-11(13)5-10/h7-11,13H,3-6H2,1-2H3,(H,18,20)(H2,17,19,21)/t10-,11+,13+/m0/s1. The summed E-state index contributed by atoms with van der Waals surface area (Å²) in [5.74, 6) is 1.94. The highest BCUT2D eigenvalue weighted by Gasteiger charge is 2.39. The lowest BCUT2D eigenvalue weighted by Crippen LogP contribution is -2.50. The molecule has 1 aromatic heterocycles. The maximum Gasteiger partial charge on any atom is 0.270 e. The van der Waals surface area contributed by atoms with Crippen LogP contribution in [0.5, 0.6) is 0 Å². The highest BCUT2D eigenvalue weighted by molar-refractivity contribution is 7.80. The van der Waals surface area contributed by atoms with Gasteiger partial charge in [-0.2, -0.15) is 0 Å². The molecule has 0 spiro atoms. The molecular formula is C16H23N3OS2. The van der Waals surface area contributed by atoms with Crippen molar-refractivity contribution in [3.05, 3.63) is 21.9 Å². The van der Waals surface area contributed by atoms with Crippen LogP contribution in [0.2, 0.25) is 0 Å². The van der Waals surface area contributed by atoms with Crippen molar-refractivity contribution in [2.75, 3.05) is 0 Å². The molecule has 1 amide bonds. The molecule has 4 nitrogen and oxygen atoms in total. The van der Waals surface area contributed by atoms with Crippen molar-refractivity contribution >= 4 is 34.6 Å². The molecule has 0 aromatic carbocycles. The second-order valence-electron chi connectivity index (χ2n) is 6.73. The second-order valence-corrected chi connectivity index (χ2v) is 8.08. The molecule has 2 aliphatic rings. The van der Waals surface area contributed by atoms with Crippen LogP contribution in [0.15, 0.2) is 11.4 Å². The first kappa shape index (κ1) is 15.7. The van der Waals surface area contributed by atoms with E-state index in [1.54, 1.807) is 11.3 Å².